The normalized spacial score (nSPS) is 22.6. The maximum Gasteiger partial charge on any atom is 0.224 e. The summed E-state index contributed by atoms with van der Waals surface area (Å²) in [6.45, 7) is 7.21. The van der Waals surface area contributed by atoms with Crippen LogP contribution in [0.15, 0.2) is 12.4 Å². The molecule has 0 aliphatic carbocycles. The van der Waals surface area contributed by atoms with E-state index in [1.165, 1.54) is 0 Å². The number of carbonyl (C=O) groups excluding carboxylic acids is 1. The molecule has 2 heterocycles. The van der Waals surface area contributed by atoms with Gasteiger partial charge in [0.05, 0.1) is 37.4 Å². The van der Waals surface area contributed by atoms with Crippen molar-refractivity contribution in [2.45, 2.75) is 45.3 Å². The second kappa shape index (κ2) is 5.86. The maximum atomic E-state index is 12.3. The smallest absolute Gasteiger partial charge is 0.224 e. The van der Waals surface area contributed by atoms with Gasteiger partial charge in [0.25, 0.3) is 0 Å². The van der Waals surface area contributed by atoms with E-state index in [0.29, 0.717) is 13.2 Å². The molecule has 1 aliphatic heterocycles. The van der Waals surface area contributed by atoms with Gasteiger partial charge in [-0.2, -0.15) is 10.4 Å². The largest absolute Gasteiger partial charge is 0.383 e. The summed E-state index contributed by atoms with van der Waals surface area (Å²) >= 11 is 0. The van der Waals surface area contributed by atoms with Crippen LogP contribution in [-0.4, -0.2) is 39.8 Å². The summed E-state index contributed by atoms with van der Waals surface area (Å²) in [5.74, 6) is -0.291. The first-order valence-electron chi connectivity index (χ1n) is 7.11. The number of nitrogens with zero attached hydrogens (tertiary/aromatic N) is 4. The standard InChI is InChI=1S/C15H22N4O2/c1-15(2,3)19-13(20)7-11(8-16)14(19)12-9-17-18(10-12)5-6-21-4/h9-11,14H,5-7H2,1-4H3/t11-,14+/m1/s1. The zero-order valence-corrected chi connectivity index (χ0v) is 13.0. The number of likely N-dealkylation sites (tertiary alicyclic amines) is 1. The second-order valence-electron chi connectivity index (χ2n) is 6.35. The molecule has 0 unspecified atom stereocenters. The molecule has 1 saturated heterocycles. The van der Waals surface area contributed by atoms with Crippen molar-refractivity contribution in [1.82, 2.24) is 14.7 Å². The number of hydrogen-bond acceptors (Lipinski definition) is 4. The highest BCUT2D eigenvalue weighted by molar-refractivity contribution is 5.81. The van der Waals surface area contributed by atoms with E-state index in [9.17, 15) is 10.1 Å². The Balaban J connectivity index is 2.31. The number of rotatable bonds is 4. The summed E-state index contributed by atoms with van der Waals surface area (Å²) in [6, 6.07) is 2.05. The fourth-order valence-corrected chi connectivity index (χ4v) is 2.86. The Morgan fingerprint density at radius 3 is 2.81 bits per heavy atom. The van der Waals surface area contributed by atoms with Gasteiger partial charge in [-0.25, -0.2) is 0 Å². The fourth-order valence-electron chi connectivity index (χ4n) is 2.86. The van der Waals surface area contributed by atoms with Gasteiger partial charge in [0, 0.05) is 30.8 Å². The monoisotopic (exact) mass is 290 g/mol. The van der Waals surface area contributed by atoms with Gasteiger partial charge in [-0.05, 0) is 20.8 Å². The van der Waals surface area contributed by atoms with E-state index in [1.807, 2.05) is 31.9 Å². The lowest BCUT2D eigenvalue weighted by Gasteiger charge is -2.37. The lowest BCUT2D eigenvalue weighted by molar-refractivity contribution is -0.133. The van der Waals surface area contributed by atoms with Gasteiger partial charge >= 0.3 is 0 Å². The maximum absolute atomic E-state index is 12.3. The van der Waals surface area contributed by atoms with Crippen molar-refractivity contribution < 1.29 is 9.53 Å². The van der Waals surface area contributed by atoms with Crippen LogP contribution in [0.25, 0.3) is 0 Å². The molecule has 0 N–H and O–H groups in total. The highest BCUT2D eigenvalue weighted by atomic mass is 16.5. The molecule has 0 radical (unpaired) electrons. The minimum absolute atomic E-state index is 0.0312. The van der Waals surface area contributed by atoms with Crippen molar-refractivity contribution >= 4 is 5.91 Å². The number of amides is 1. The highest BCUT2D eigenvalue weighted by Gasteiger charge is 2.46. The van der Waals surface area contributed by atoms with Gasteiger partial charge < -0.3 is 9.64 Å². The molecule has 1 aromatic rings. The van der Waals surface area contributed by atoms with Crippen LogP contribution in [0.4, 0.5) is 0 Å². The summed E-state index contributed by atoms with van der Waals surface area (Å²) < 4.78 is 6.83. The van der Waals surface area contributed by atoms with Crippen LogP contribution in [0.2, 0.25) is 0 Å². The number of aromatic nitrogens is 2. The Hall–Kier alpha value is -1.87. The molecular weight excluding hydrogens is 268 g/mol. The van der Waals surface area contributed by atoms with Crippen molar-refractivity contribution in [2.75, 3.05) is 13.7 Å². The number of hydrogen-bond donors (Lipinski definition) is 0. The lowest BCUT2D eigenvalue weighted by Crippen LogP contribution is -2.44. The van der Waals surface area contributed by atoms with Crippen molar-refractivity contribution in [3.05, 3.63) is 18.0 Å². The van der Waals surface area contributed by atoms with Crippen molar-refractivity contribution in [1.29, 1.82) is 5.26 Å². The molecule has 1 fully saturated rings. The summed E-state index contributed by atoms with van der Waals surface area (Å²) in [7, 11) is 1.65. The van der Waals surface area contributed by atoms with E-state index in [-0.39, 0.29) is 29.8 Å². The average molecular weight is 290 g/mol. The Bertz CT molecular complexity index is 553. The third-order valence-electron chi connectivity index (χ3n) is 3.73. The molecule has 1 aromatic heterocycles. The van der Waals surface area contributed by atoms with E-state index in [0.717, 1.165) is 5.56 Å². The van der Waals surface area contributed by atoms with Crippen LogP contribution in [0.3, 0.4) is 0 Å². The molecule has 6 heteroatoms. The van der Waals surface area contributed by atoms with Gasteiger partial charge in [0.15, 0.2) is 0 Å². The van der Waals surface area contributed by atoms with E-state index >= 15 is 0 Å². The van der Waals surface area contributed by atoms with Crippen LogP contribution in [0.1, 0.15) is 38.8 Å². The Kier molecular flexibility index (Phi) is 4.33. The molecule has 2 rings (SSSR count). The molecule has 114 valence electrons. The van der Waals surface area contributed by atoms with Crippen molar-refractivity contribution in [2.24, 2.45) is 5.92 Å². The van der Waals surface area contributed by atoms with Gasteiger partial charge in [-0.1, -0.05) is 0 Å². The first-order chi connectivity index (χ1) is 9.88. The molecule has 0 spiro atoms. The van der Waals surface area contributed by atoms with Crippen LogP contribution in [0.5, 0.6) is 0 Å². The van der Waals surface area contributed by atoms with Gasteiger partial charge in [0.1, 0.15) is 0 Å². The number of methoxy groups -OCH3 is 1. The molecule has 21 heavy (non-hydrogen) atoms. The molecular formula is C15H22N4O2. The molecule has 0 bridgehead atoms. The summed E-state index contributed by atoms with van der Waals surface area (Å²) in [5.41, 5.74) is 0.598. The Morgan fingerprint density at radius 1 is 1.52 bits per heavy atom. The van der Waals surface area contributed by atoms with Crippen LogP contribution < -0.4 is 0 Å². The fraction of sp³-hybridized carbons (Fsp3) is 0.667. The quantitative estimate of drug-likeness (QED) is 0.847. The van der Waals surface area contributed by atoms with Crippen LogP contribution in [0, 0.1) is 17.2 Å². The second-order valence-corrected chi connectivity index (χ2v) is 6.35. The SMILES string of the molecule is COCCn1cc([C@@H]2[C@@H](C#N)CC(=O)N2C(C)(C)C)cn1. The van der Waals surface area contributed by atoms with E-state index < -0.39 is 0 Å². The van der Waals surface area contributed by atoms with Crippen LogP contribution in [-0.2, 0) is 16.1 Å². The summed E-state index contributed by atoms with van der Waals surface area (Å²) in [6.07, 6.45) is 3.94. The zero-order valence-electron chi connectivity index (χ0n) is 13.0. The highest BCUT2D eigenvalue weighted by Crippen LogP contribution is 2.41. The first kappa shape index (κ1) is 15.5. The average Bonchev–Trinajstić information content (AvgIpc) is 2.98. The zero-order chi connectivity index (χ0) is 15.6. The number of carbonyl (C=O) groups is 1. The molecule has 6 nitrogen and oxygen atoms in total. The van der Waals surface area contributed by atoms with E-state index in [4.69, 9.17) is 4.74 Å². The van der Waals surface area contributed by atoms with E-state index in [2.05, 4.69) is 11.2 Å². The topological polar surface area (TPSA) is 71.2 Å². The van der Waals surface area contributed by atoms with Crippen molar-refractivity contribution in [3.63, 3.8) is 0 Å². The molecule has 1 aliphatic rings. The summed E-state index contributed by atoms with van der Waals surface area (Å²) in [5, 5.41) is 13.7. The van der Waals surface area contributed by atoms with Crippen molar-refractivity contribution in [3.8, 4) is 6.07 Å². The minimum Gasteiger partial charge on any atom is -0.383 e. The minimum atomic E-state index is -0.322. The van der Waals surface area contributed by atoms with Gasteiger partial charge in [-0.3, -0.25) is 9.48 Å². The van der Waals surface area contributed by atoms with E-state index in [1.54, 1.807) is 18.0 Å². The first-order valence-corrected chi connectivity index (χ1v) is 7.11. The molecule has 2 atom stereocenters. The molecule has 0 saturated carbocycles. The predicted octanol–water partition coefficient (Wildman–Crippen LogP) is 1.74. The molecule has 0 aromatic carbocycles. The van der Waals surface area contributed by atoms with Gasteiger partial charge in [0.2, 0.25) is 5.91 Å². The third-order valence-corrected chi connectivity index (χ3v) is 3.73. The number of ether oxygens (including phenoxy) is 1. The third kappa shape index (κ3) is 3.08. The Morgan fingerprint density at radius 2 is 2.24 bits per heavy atom. The molecule has 1 amide bonds. The number of nitriles is 1. The lowest BCUT2D eigenvalue weighted by atomic mass is 9.95. The summed E-state index contributed by atoms with van der Waals surface area (Å²) in [4.78, 5) is 14.1. The van der Waals surface area contributed by atoms with Crippen LogP contribution >= 0.6 is 0 Å². The Labute approximate surface area is 125 Å². The predicted molar refractivity (Wildman–Crippen MR) is 77.2 cm³/mol. The van der Waals surface area contributed by atoms with Gasteiger partial charge in [-0.15, -0.1) is 0 Å².